The van der Waals surface area contributed by atoms with Gasteiger partial charge >= 0.3 is 0 Å². The van der Waals surface area contributed by atoms with Gasteiger partial charge in [0.25, 0.3) is 0 Å². The predicted octanol–water partition coefficient (Wildman–Crippen LogP) is 3.68. The number of thioether (sulfide) groups is 1. The molecule has 0 aliphatic carbocycles. The molecule has 0 N–H and O–H groups in total. The van der Waals surface area contributed by atoms with Gasteiger partial charge in [-0.3, -0.25) is 4.57 Å². The molecule has 1 heterocycles. The van der Waals surface area contributed by atoms with Crippen molar-refractivity contribution in [3.05, 3.63) is 48.5 Å². The van der Waals surface area contributed by atoms with Crippen LogP contribution in [0.5, 0.6) is 11.5 Å². The Morgan fingerprint density at radius 3 is 2.32 bits per heavy atom. The van der Waals surface area contributed by atoms with Crippen LogP contribution < -0.4 is 9.47 Å². The molecule has 0 atom stereocenters. The first-order chi connectivity index (χ1) is 12.3. The highest BCUT2D eigenvalue weighted by Gasteiger charge is 2.17. The van der Waals surface area contributed by atoms with Crippen molar-refractivity contribution in [3.63, 3.8) is 0 Å². The molecule has 0 spiro atoms. The molecule has 5 nitrogen and oxygen atoms in total. The van der Waals surface area contributed by atoms with E-state index in [1.807, 2.05) is 53.1 Å². The Labute approximate surface area is 151 Å². The van der Waals surface area contributed by atoms with Gasteiger partial charge in [-0.25, -0.2) is 0 Å². The normalized spacial score (nSPS) is 10.3. The van der Waals surface area contributed by atoms with Crippen molar-refractivity contribution < 1.29 is 9.47 Å². The highest BCUT2D eigenvalue weighted by atomic mass is 32.2. The van der Waals surface area contributed by atoms with Gasteiger partial charge in [0.2, 0.25) is 0 Å². The van der Waals surface area contributed by atoms with Crippen molar-refractivity contribution >= 4 is 11.8 Å². The van der Waals surface area contributed by atoms with Gasteiger partial charge in [-0.1, -0.05) is 35.9 Å². The van der Waals surface area contributed by atoms with Gasteiger partial charge < -0.3 is 9.47 Å². The van der Waals surface area contributed by atoms with Gasteiger partial charge in [-0.2, -0.15) is 0 Å². The zero-order valence-corrected chi connectivity index (χ0v) is 14.8. The average molecular weight is 351 g/mol. The molecule has 0 unspecified atom stereocenters. The van der Waals surface area contributed by atoms with Crippen LogP contribution in [0.25, 0.3) is 17.1 Å². The summed E-state index contributed by atoms with van der Waals surface area (Å²) in [4.78, 5) is 0. The lowest BCUT2D eigenvalue weighted by Gasteiger charge is -2.11. The van der Waals surface area contributed by atoms with Crippen molar-refractivity contribution in [3.8, 4) is 40.9 Å². The monoisotopic (exact) mass is 351 g/mol. The van der Waals surface area contributed by atoms with Gasteiger partial charge in [-0.05, 0) is 24.3 Å². The Kier molecular flexibility index (Phi) is 5.26. The zero-order chi connectivity index (χ0) is 17.6. The largest absolute Gasteiger partial charge is 0.497 e. The van der Waals surface area contributed by atoms with Gasteiger partial charge in [-0.15, -0.1) is 16.6 Å². The quantitative estimate of drug-likeness (QED) is 0.501. The van der Waals surface area contributed by atoms with Crippen LogP contribution in [0.1, 0.15) is 0 Å². The maximum Gasteiger partial charge on any atom is 0.197 e. The maximum absolute atomic E-state index is 5.40. The van der Waals surface area contributed by atoms with Crippen molar-refractivity contribution in [1.82, 2.24) is 14.8 Å². The predicted molar refractivity (Wildman–Crippen MR) is 99.5 cm³/mol. The summed E-state index contributed by atoms with van der Waals surface area (Å²) in [5, 5.41) is 9.43. The molecule has 0 radical (unpaired) electrons. The Bertz CT molecular complexity index is 879. The molecular formula is C19H17N3O2S. The Morgan fingerprint density at radius 1 is 1.04 bits per heavy atom. The fourth-order valence-electron chi connectivity index (χ4n) is 2.40. The second-order valence-electron chi connectivity index (χ2n) is 5.07. The number of hydrogen-bond acceptors (Lipinski definition) is 5. The molecular weight excluding hydrogens is 334 g/mol. The van der Waals surface area contributed by atoms with Crippen LogP contribution in [0.2, 0.25) is 0 Å². The third-order valence-corrected chi connectivity index (χ3v) is 4.38. The van der Waals surface area contributed by atoms with Crippen LogP contribution in [0, 0.1) is 12.3 Å². The van der Waals surface area contributed by atoms with E-state index in [2.05, 4.69) is 16.1 Å². The van der Waals surface area contributed by atoms with E-state index in [0.717, 1.165) is 16.4 Å². The summed E-state index contributed by atoms with van der Waals surface area (Å²) in [5.74, 6) is 5.22. The molecule has 0 saturated carbocycles. The third-order valence-electron chi connectivity index (χ3n) is 3.54. The van der Waals surface area contributed by atoms with E-state index in [1.54, 1.807) is 14.2 Å². The molecule has 6 heteroatoms. The highest BCUT2D eigenvalue weighted by Crippen LogP contribution is 2.32. The first-order valence-corrected chi connectivity index (χ1v) is 8.56. The number of terminal acetylenes is 1. The number of nitrogens with zero attached hydrogens (tertiary/aromatic N) is 3. The van der Waals surface area contributed by atoms with E-state index in [4.69, 9.17) is 15.9 Å². The lowest BCUT2D eigenvalue weighted by atomic mass is 10.2. The molecule has 0 fully saturated rings. The molecule has 0 saturated heterocycles. The number of methoxy groups -OCH3 is 2. The van der Waals surface area contributed by atoms with Crippen molar-refractivity contribution in [2.45, 2.75) is 5.16 Å². The van der Waals surface area contributed by atoms with Crippen LogP contribution in [0.3, 0.4) is 0 Å². The summed E-state index contributed by atoms with van der Waals surface area (Å²) >= 11 is 1.47. The molecule has 0 aliphatic rings. The zero-order valence-electron chi connectivity index (χ0n) is 14.0. The first-order valence-electron chi connectivity index (χ1n) is 7.57. The molecule has 1 aromatic heterocycles. The molecule has 0 bridgehead atoms. The maximum atomic E-state index is 5.40. The number of benzene rings is 2. The Morgan fingerprint density at radius 2 is 1.72 bits per heavy atom. The second-order valence-corrected chi connectivity index (χ2v) is 6.01. The van der Waals surface area contributed by atoms with Crippen molar-refractivity contribution in [2.75, 3.05) is 20.0 Å². The number of aromatic nitrogens is 3. The molecule has 3 aromatic rings. The van der Waals surface area contributed by atoms with E-state index in [0.29, 0.717) is 23.1 Å². The van der Waals surface area contributed by atoms with Crippen LogP contribution in [0.15, 0.2) is 53.7 Å². The highest BCUT2D eigenvalue weighted by molar-refractivity contribution is 7.99. The first kappa shape index (κ1) is 16.9. The second kappa shape index (κ2) is 7.77. The molecule has 0 aliphatic heterocycles. The standard InChI is InChI=1S/C19H17N3O2S/c1-4-10-25-19-21-20-18(22(19)15-8-6-5-7-9-15)14-11-16(23-2)13-17(12-14)24-3/h1,5-9,11-13H,10H2,2-3H3. The topological polar surface area (TPSA) is 49.2 Å². The van der Waals surface area contributed by atoms with Gasteiger partial charge in [0.15, 0.2) is 11.0 Å². The number of rotatable bonds is 6. The molecule has 0 amide bonds. The number of para-hydroxylation sites is 1. The van der Waals surface area contributed by atoms with E-state index >= 15 is 0 Å². The molecule has 25 heavy (non-hydrogen) atoms. The smallest absolute Gasteiger partial charge is 0.197 e. The van der Waals surface area contributed by atoms with Crippen LogP contribution in [-0.4, -0.2) is 34.7 Å². The van der Waals surface area contributed by atoms with Crippen LogP contribution in [-0.2, 0) is 0 Å². The van der Waals surface area contributed by atoms with E-state index in [-0.39, 0.29) is 0 Å². The lowest BCUT2D eigenvalue weighted by Crippen LogP contribution is -2.00. The average Bonchev–Trinajstić information content (AvgIpc) is 3.10. The summed E-state index contributed by atoms with van der Waals surface area (Å²) < 4.78 is 12.7. The molecule has 2 aromatic carbocycles. The minimum atomic E-state index is 0.520. The fourth-order valence-corrected chi connectivity index (χ4v) is 3.03. The van der Waals surface area contributed by atoms with Gasteiger partial charge in [0, 0.05) is 17.3 Å². The summed E-state index contributed by atoms with van der Waals surface area (Å²) in [7, 11) is 3.24. The van der Waals surface area contributed by atoms with Crippen molar-refractivity contribution in [1.29, 1.82) is 0 Å². The minimum absolute atomic E-state index is 0.520. The summed E-state index contributed by atoms with van der Waals surface area (Å²) in [6, 6.07) is 15.6. The summed E-state index contributed by atoms with van der Waals surface area (Å²) in [5.41, 5.74) is 1.81. The SMILES string of the molecule is C#CCSc1nnc(-c2cc(OC)cc(OC)c2)n1-c1ccccc1. The van der Waals surface area contributed by atoms with E-state index in [1.165, 1.54) is 11.8 Å². The third kappa shape index (κ3) is 3.62. The van der Waals surface area contributed by atoms with E-state index < -0.39 is 0 Å². The minimum Gasteiger partial charge on any atom is -0.497 e. The lowest BCUT2D eigenvalue weighted by molar-refractivity contribution is 0.394. The van der Waals surface area contributed by atoms with Crippen LogP contribution in [0.4, 0.5) is 0 Å². The molecule has 126 valence electrons. The number of hydrogen-bond donors (Lipinski definition) is 0. The van der Waals surface area contributed by atoms with Gasteiger partial charge in [0.1, 0.15) is 11.5 Å². The Hall–Kier alpha value is -2.91. The van der Waals surface area contributed by atoms with E-state index in [9.17, 15) is 0 Å². The Balaban J connectivity index is 2.17. The van der Waals surface area contributed by atoms with Gasteiger partial charge in [0.05, 0.1) is 20.0 Å². The summed E-state index contributed by atoms with van der Waals surface area (Å²) in [6.07, 6.45) is 5.40. The molecule has 3 rings (SSSR count). The summed E-state index contributed by atoms with van der Waals surface area (Å²) in [6.45, 7) is 0. The fraction of sp³-hybridized carbons (Fsp3) is 0.158. The number of ether oxygens (including phenoxy) is 2. The van der Waals surface area contributed by atoms with Crippen LogP contribution >= 0.6 is 11.8 Å². The van der Waals surface area contributed by atoms with Crippen molar-refractivity contribution in [2.24, 2.45) is 0 Å².